The highest BCUT2D eigenvalue weighted by Crippen LogP contribution is 2.36. The molecule has 0 amide bonds. The van der Waals surface area contributed by atoms with Crippen molar-refractivity contribution >= 4 is 11.9 Å². The molecule has 1 aromatic rings. The third-order valence-corrected chi connectivity index (χ3v) is 6.06. The average Bonchev–Trinajstić information content (AvgIpc) is 2.86. The maximum Gasteiger partial charge on any atom is 0.337 e. The molecule has 2 heterocycles. The zero-order valence-electron chi connectivity index (χ0n) is 19.9. The number of ether oxygens (including phenoxy) is 5. The highest BCUT2D eigenvalue weighted by molar-refractivity contribution is 5.90. The summed E-state index contributed by atoms with van der Waals surface area (Å²) < 4.78 is 27.1. The fourth-order valence-electron chi connectivity index (χ4n) is 4.02. The Morgan fingerprint density at radius 1 is 1.09 bits per heavy atom. The van der Waals surface area contributed by atoms with E-state index in [1.165, 1.54) is 14.0 Å². The maximum atomic E-state index is 12.7. The van der Waals surface area contributed by atoms with Gasteiger partial charge in [0.25, 0.3) is 0 Å². The molecule has 35 heavy (non-hydrogen) atoms. The molecule has 192 valence electrons. The van der Waals surface area contributed by atoms with Gasteiger partial charge in [0.05, 0.1) is 38.1 Å². The van der Waals surface area contributed by atoms with Crippen LogP contribution in [0.3, 0.4) is 0 Å². The van der Waals surface area contributed by atoms with E-state index < -0.39 is 54.9 Å². The molecule has 1 saturated heterocycles. The quantitative estimate of drug-likeness (QED) is 0.355. The normalized spacial score (nSPS) is 31.9. The first-order chi connectivity index (χ1) is 16.8. The first kappa shape index (κ1) is 26.8. The number of benzene rings is 1. The average molecular weight is 493 g/mol. The van der Waals surface area contributed by atoms with Gasteiger partial charge in [-0.1, -0.05) is 36.4 Å². The molecule has 0 radical (unpaired) electrons. The minimum Gasteiger partial charge on any atom is -0.468 e. The summed E-state index contributed by atoms with van der Waals surface area (Å²) >= 11 is 0. The van der Waals surface area contributed by atoms with Gasteiger partial charge in [-0.3, -0.25) is 4.79 Å². The molecule has 1 fully saturated rings. The summed E-state index contributed by atoms with van der Waals surface area (Å²) in [6, 6.07) is 9.57. The molecule has 2 aliphatic rings. The molecule has 2 aliphatic heterocycles. The number of allylic oxidation sites excluding steroid dienone is 1. The molecule has 10 nitrogen and oxygen atoms in total. The van der Waals surface area contributed by atoms with Gasteiger partial charge in [0, 0.05) is 17.9 Å². The van der Waals surface area contributed by atoms with E-state index in [2.05, 4.69) is 0 Å². The third-order valence-electron chi connectivity index (χ3n) is 6.06. The zero-order chi connectivity index (χ0) is 25.5. The Morgan fingerprint density at radius 2 is 1.80 bits per heavy atom. The van der Waals surface area contributed by atoms with Crippen LogP contribution >= 0.6 is 0 Å². The van der Waals surface area contributed by atoms with Crippen molar-refractivity contribution in [1.82, 2.24) is 0 Å². The van der Waals surface area contributed by atoms with E-state index in [9.17, 15) is 24.9 Å². The van der Waals surface area contributed by atoms with Crippen molar-refractivity contribution in [2.45, 2.75) is 63.7 Å². The fraction of sp³-hybridized carbons (Fsp3) is 0.520. The van der Waals surface area contributed by atoms with E-state index in [0.29, 0.717) is 12.0 Å². The van der Waals surface area contributed by atoms with Crippen LogP contribution in [0.15, 0.2) is 53.8 Å². The lowest BCUT2D eigenvalue weighted by atomic mass is 9.86. The predicted octanol–water partition coefficient (Wildman–Crippen LogP) is 0.982. The van der Waals surface area contributed by atoms with Crippen molar-refractivity contribution in [2.75, 3.05) is 13.7 Å². The van der Waals surface area contributed by atoms with Crippen LogP contribution in [0.5, 0.6) is 0 Å². The van der Waals surface area contributed by atoms with Crippen molar-refractivity contribution in [3.05, 3.63) is 59.4 Å². The number of methoxy groups -OCH3 is 1. The lowest BCUT2D eigenvalue weighted by molar-refractivity contribution is -0.321. The SMILES string of the molecule is C/C=C1/C(OC2OC(C)[C@@H](O)C(O)[C@H]2O)OC=C(C(=O)OC)[C@H]1CC(=O)OCCc1ccccc1. The van der Waals surface area contributed by atoms with Crippen LogP contribution in [0.1, 0.15) is 25.8 Å². The Bertz CT molecular complexity index is 927. The molecule has 7 atom stereocenters. The Morgan fingerprint density at radius 3 is 2.46 bits per heavy atom. The van der Waals surface area contributed by atoms with Crippen LogP contribution in [0.25, 0.3) is 0 Å². The van der Waals surface area contributed by atoms with Gasteiger partial charge in [-0.25, -0.2) is 4.79 Å². The van der Waals surface area contributed by atoms with Gasteiger partial charge >= 0.3 is 11.9 Å². The monoisotopic (exact) mass is 492 g/mol. The minimum absolute atomic E-state index is 0.106. The van der Waals surface area contributed by atoms with Crippen LogP contribution in [-0.2, 0) is 39.7 Å². The molecule has 4 unspecified atom stereocenters. The second-order valence-corrected chi connectivity index (χ2v) is 8.35. The van der Waals surface area contributed by atoms with Gasteiger partial charge in [0.1, 0.15) is 18.3 Å². The number of aliphatic hydroxyl groups is 3. The van der Waals surface area contributed by atoms with Crippen LogP contribution in [0.4, 0.5) is 0 Å². The number of esters is 2. The molecule has 0 bridgehead atoms. The highest BCUT2D eigenvalue weighted by atomic mass is 16.8. The highest BCUT2D eigenvalue weighted by Gasteiger charge is 2.45. The molecule has 0 aromatic heterocycles. The fourth-order valence-corrected chi connectivity index (χ4v) is 4.02. The lowest BCUT2D eigenvalue weighted by Crippen LogP contribution is -2.58. The van der Waals surface area contributed by atoms with Crippen molar-refractivity contribution in [2.24, 2.45) is 5.92 Å². The molecule has 0 aliphatic carbocycles. The van der Waals surface area contributed by atoms with Gasteiger partial charge in [-0.2, -0.15) is 0 Å². The van der Waals surface area contributed by atoms with Gasteiger partial charge in [0.15, 0.2) is 6.29 Å². The summed E-state index contributed by atoms with van der Waals surface area (Å²) in [6.45, 7) is 3.38. The topological polar surface area (TPSA) is 141 Å². The van der Waals surface area contributed by atoms with Crippen LogP contribution in [-0.4, -0.2) is 78.0 Å². The number of aliphatic hydroxyl groups excluding tert-OH is 3. The molecule has 3 rings (SSSR count). The number of rotatable bonds is 8. The van der Waals surface area contributed by atoms with Gasteiger partial charge in [-0.15, -0.1) is 0 Å². The molecular formula is C25H32O10. The van der Waals surface area contributed by atoms with Crippen LogP contribution in [0, 0.1) is 5.92 Å². The largest absolute Gasteiger partial charge is 0.468 e. The van der Waals surface area contributed by atoms with Crippen LogP contribution < -0.4 is 0 Å². The Balaban J connectivity index is 1.71. The Hall–Kier alpha value is -2.76. The van der Waals surface area contributed by atoms with E-state index in [1.807, 2.05) is 30.3 Å². The van der Waals surface area contributed by atoms with Gasteiger partial charge in [0.2, 0.25) is 6.29 Å². The molecule has 1 aromatic carbocycles. The summed E-state index contributed by atoms with van der Waals surface area (Å²) in [4.78, 5) is 25.0. The smallest absolute Gasteiger partial charge is 0.337 e. The first-order valence-electron chi connectivity index (χ1n) is 11.4. The second kappa shape index (κ2) is 12.3. The van der Waals surface area contributed by atoms with E-state index in [4.69, 9.17) is 23.7 Å². The van der Waals surface area contributed by atoms with E-state index in [-0.39, 0.29) is 18.6 Å². The van der Waals surface area contributed by atoms with E-state index >= 15 is 0 Å². The molecule has 0 spiro atoms. The number of hydrogen-bond donors (Lipinski definition) is 3. The van der Waals surface area contributed by atoms with E-state index in [0.717, 1.165) is 11.8 Å². The number of carbonyl (C=O) groups excluding carboxylic acids is 2. The zero-order valence-corrected chi connectivity index (χ0v) is 19.9. The minimum atomic E-state index is -1.55. The Labute approximate surface area is 203 Å². The summed E-state index contributed by atoms with van der Waals surface area (Å²) in [5.74, 6) is -1.98. The van der Waals surface area contributed by atoms with Crippen LogP contribution in [0.2, 0.25) is 0 Å². The number of hydrogen-bond acceptors (Lipinski definition) is 10. The summed E-state index contributed by atoms with van der Waals surface area (Å²) in [6.07, 6.45) is -4.44. The number of carbonyl (C=O) groups is 2. The lowest BCUT2D eigenvalue weighted by Gasteiger charge is -2.41. The summed E-state index contributed by atoms with van der Waals surface area (Å²) in [5, 5.41) is 30.3. The van der Waals surface area contributed by atoms with E-state index in [1.54, 1.807) is 13.0 Å². The van der Waals surface area contributed by atoms with Gasteiger partial charge < -0.3 is 39.0 Å². The van der Waals surface area contributed by atoms with Gasteiger partial charge in [-0.05, 0) is 19.4 Å². The standard InChI is InChI=1S/C25H32O10/c1-4-16-17(12-19(26)32-11-10-15-8-6-5-7-9-15)18(23(30)31-3)13-33-24(16)35-25-22(29)21(28)20(27)14(2)34-25/h4-9,13-14,17,20-22,24-25,27-29H,10-12H2,1-3H3/b16-4+/t14?,17-,20+,21?,22+,24?,25?/m0/s1. The van der Waals surface area contributed by atoms with Crippen molar-refractivity contribution in [3.63, 3.8) is 0 Å². The molecule has 3 N–H and O–H groups in total. The molecule has 0 saturated carbocycles. The van der Waals surface area contributed by atoms with Crippen molar-refractivity contribution in [1.29, 1.82) is 0 Å². The molecular weight excluding hydrogens is 460 g/mol. The van der Waals surface area contributed by atoms with Crippen molar-refractivity contribution in [3.8, 4) is 0 Å². The second-order valence-electron chi connectivity index (χ2n) is 8.35. The predicted molar refractivity (Wildman–Crippen MR) is 121 cm³/mol. The summed E-state index contributed by atoms with van der Waals surface area (Å²) in [7, 11) is 1.22. The third kappa shape index (κ3) is 6.47. The Kier molecular flexibility index (Phi) is 9.41. The maximum absolute atomic E-state index is 12.7. The summed E-state index contributed by atoms with van der Waals surface area (Å²) in [5.41, 5.74) is 1.54. The first-order valence-corrected chi connectivity index (χ1v) is 11.4. The molecule has 10 heteroatoms. The van der Waals surface area contributed by atoms with Crippen molar-refractivity contribution < 1.29 is 48.6 Å².